The van der Waals surface area contributed by atoms with Gasteiger partial charge >= 0.3 is 0 Å². The average Bonchev–Trinajstić information content (AvgIpc) is 1.58. The summed E-state index contributed by atoms with van der Waals surface area (Å²) in [4.78, 5) is 30.9. The lowest BCUT2D eigenvalue weighted by Gasteiger charge is -2.11. The Morgan fingerprint density at radius 3 is 0.972 bits per heavy atom. The summed E-state index contributed by atoms with van der Waals surface area (Å²) >= 11 is 3.65. The van der Waals surface area contributed by atoms with Gasteiger partial charge < -0.3 is 0 Å². The fourth-order valence-corrected chi connectivity index (χ4v) is 17.3. The quantitative estimate of drug-likeness (QED) is 0.136. The number of hydrogen-bond donors (Lipinski definition) is 0. The van der Waals surface area contributed by atoms with Crippen molar-refractivity contribution in [3.8, 4) is 113 Å². The topological polar surface area (TPSA) is 77.3 Å². The number of rotatable bonds is 10. The van der Waals surface area contributed by atoms with Crippen LogP contribution in [0.4, 0.5) is 0 Å². The molecule has 0 aliphatic carbocycles. The molecule has 4 aromatic heterocycles. The molecule has 0 aliphatic rings. The predicted molar refractivity (Wildman–Crippen MR) is 447 cm³/mol. The molecule has 494 valence electrons. The van der Waals surface area contributed by atoms with Gasteiger partial charge in [0.2, 0.25) is 0 Å². The van der Waals surface area contributed by atoms with Crippen LogP contribution in [0.5, 0.6) is 0 Å². The van der Waals surface area contributed by atoms with E-state index in [-0.39, 0.29) is 0 Å². The molecule has 0 saturated heterocycles. The van der Waals surface area contributed by atoms with Crippen molar-refractivity contribution in [2.75, 3.05) is 0 Å². The van der Waals surface area contributed by atoms with Crippen molar-refractivity contribution in [2.45, 2.75) is 0 Å². The largest absolute Gasteiger partial charge is 0.208 e. The molecule has 0 N–H and O–H groups in total. The normalized spacial score (nSPS) is 11.6. The Labute approximate surface area is 619 Å². The lowest BCUT2D eigenvalue weighted by Crippen LogP contribution is -2.00. The third-order valence-electron chi connectivity index (χ3n) is 20.4. The monoisotopic (exact) mass is 1380 g/mol. The van der Waals surface area contributed by atoms with Crippen LogP contribution in [-0.4, -0.2) is 29.9 Å². The van der Waals surface area contributed by atoms with Crippen LogP contribution < -0.4 is 0 Å². The Hall–Kier alpha value is -13.5. The Bertz CT molecular complexity index is 7020. The number of aromatic nitrogens is 6. The molecule has 17 aromatic carbocycles. The molecular weight excluding hydrogens is 1330 g/mol. The van der Waals surface area contributed by atoms with E-state index in [2.05, 4.69) is 358 Å². The van der Waals surface area contributed by atoms with Gasteiger partial charge in [-0.1, -0.05) is 285 Å². The smallest absolute Gasteiger partial charge is 0.164 e. The highest BCUT2D eigenvalue weighted by molar-refractivity contribution is 7.26. The molecule has 0 spiro atoms. The molecule has 0 atom stereocenters. The standard InChI is InChI=1S/C53H33N3S.C45H27N3S/c1-3-10-34(11-4-1)37-18-23-39(24-19-37)51-54-52(43-27-22-36-14-7-8-15-40(36)30-43)56-53(55-51)44-28-29-48-47(33-44)50-46(16-9-17-49(50)57-48)42-26-21-38-20-25-41(31-45(38)32-42)35-12-5-2-6-13-35;1-3-12-31-25-33(21-19-28(31)9-1)37-16-8-18-41-42(37)39-27-35(23-24-40(39)49-41)44-46-43(34-22-20-29-10-2-4-13-32(29)26-34)47-45(48-44)38-17-7-14-30-11-5-6-15-36(30)38/h1-33H;1-27H. The summed E-state index contributed by atoms with van der Waals surface area (Å²) in [7, 11) is 0. The minimum absolute atomic E-state index is 0.643. The van der Waals surface area contributed by atoms with E-state index in [1.807, 2.05) is 28.7 Å². The maximum atomic E-state index is 5.18. The number of thiophene rings is 2. The molecule has 0 fully saturated rings. The molecule has 0 amide bonds. The summed E-state index contributed by atoms with van der Waals surface area (Å²) in [6, 6.07) is 129. The van der Waals surface area contributed by atoms with Gasteiger partial charge in [0.15, 0.2) is 34.9 Å². The second-order valence-electron chi connectivity index (χ2n) is 26.9. The zero-order valence-corrected chi connectivity index (χ0v) is 58.8. The first-order valence-electron chi connectivity index (χ1n) is 35.6. The maximum Gasteiger partial charge on any atom is 0.164 e. The summed E-state index contributed by atoms with van der Waals surface area (Å²) in [5, 5.41) is 16.8. The molecule has 21 aromatic rings. The fraction of sp³-hybridized carbons (Fsp3) is 0. The number of nitrogens with zero attached hydrogens (tertiary/aromatic N) is 6. The van der Waals surface area contributed by atoms with Crippen molar-refractivity contribution in [3.05, 3.63) is 364 Å². The van der Waals surface area contributed by atoms with Crippen molar-refractivity contribution >= 4 is 117 Å². The minimum Gasteiger partial charge on any atom is -0.208 e. The second kappa shape index (κ2) is 26.4. The highest BCUT2D eigenvalue weighted by Gasteiger charge is 2.21. The zero-order chi connectivity index (χ0) is 70.0. The van der Waals surface area contributed by atoms with Gasteiger partial charge in [0, 0.05) is 73.7 Å². The molecule has 0 saturated carbocycles. The third-order valence-corrected chi connectivity index (χ3v) is 22.7. The van der Waals surface area contributed by atoms with Gasteiger partial charge in [-0.2, -0.15) is 0 Å². The minimum atomic E-state index is 0.643. The molecule has 106 heavy (non-hydrogen) atoms. The van der Waals surface area contributed by atoms with Crippen molar-refractivity contribution in [1.82, 2.24) is 29.9 Å². The Balaban J connectivity index is 0.000000142. The number of fused-ring (bicyclic) bond motifs is 11. The van der Waals surface area contributed by atoms with E-state index < -0.39 is 0 Å². The van der Waals surface area contributed by atoms with Gasteiger partial charge in [0.1, 0.15) is 0 Å². The van der Waals surface area contributed by atoms with E-state index in [4.69, 9.17) is 29.9 Å². The molecule has 8 heteroatoms. The van der Waals surface area contributed by atoms with Gasteiger partial charge in [0.25, 0.3) is 0 Å². The van der Waals surface area contributed by atoms with Crippen molar-refractivity contribution in [3.63, 3.8) is 0 Å². The Kier molecular flexibility index (Phi) is 15.5. The van der Waals surface area contributed by atoms with E-state index in [9.17, 15) is 0 Å². The van der Waals surface area contributed by atoms with E-state index in [0.717, 1.165) is 60.5 Å². The summed E-state index contributed by atoms with van der Waals surface area (Å²) < 4.78 is 4.99. The average molecular weight is 1390 g/mol. The van der Waals surface area contributed by atoms with E-state index >= 15 is 0 Å². The Morgan fingerprint density at radius 1 is 0.151 bits per heavy atom. The summed E-state index contributed by atoms with van der Waals surface area (Å²) in [6.07, 6.45) is 0. The van der Waals surface area contributed by atoms with Crippen LogP contribution in [0.15, 0.2) is 364 Å². The first kappa shape index (κ1) is 62.3. The lowest BCUT2D eigenvalue weighted by molar-refractivity contribution is 1.08. The van der Waals surface area contributed by atoms with Crippen LogP contribution >= 0.6 is 22.7 Å². The van der Waals surface area contributed by atoms with E-state index in [0.29, 0.717) is 34.9 Å². The van der Waals surface area contributed by atoms with Gasteiger partial charge in [0.05, 0.1) is 0 Å². The van der Waals surface area contributed by atoms with Crippen LogP contribution in [0.1, 0.15) is 0 Å². The number of benzene rings is 17. The summed E-state index contributed by atoms with van der Waals surface area (Å²) in [6.45, 7) is 0. The van der Waals surface area contributed by atoms with Gasteiger partial charge in [-0.25, -0.2) is 29.9 Å². The van der Waals surface area contributed by atoms with Crippen LogP contribution in [0.25, 0.3) is 207 Å². The predicted octanol–water partition coefficient (Wildman–Crippen LogP) is 26.9. The van der Waals surface area contributed by atoms with Crippen LogP contribution in [0, 0.1) is 0 Å². The molecule has 0 radical (unpaired) electrons. The van der Waals surface area contributed by atoms with E-state index in [1.165, 1.54) is 112 Å². The Morgan fingerprint density at radius 2 is 0.462 bits per heavy atom. The number of hydrogen-bond acceptors (Lipinski definition) is 8. The lowest BCUT2D eigenvalue weighted by atomic mass is 9.95. The van der Waals surface area contributed by atoms with Crippen LogP contribution in [-0.2, 0) is 0 Å². The molecule has 0 unspecified atom stereocenters. The van der Waals surface area contributed by atoms with Gasteiger partial charge in [-0.3, -0.25) is 0 Å². The van der Waals surface area contributed by atoms with E-state index in [1.54, 1.807) is 0 Å². The molecule has 0 bridgehead atoms. The first-order valence-corrected chi connectivity index (χ1v) is 37.2. The first-order chi connectivity index (χ1) is 52.4. The fourth-order valence-electron chi connectivity index (χ4n) is 15.0. The molecular formula is C98H60N6S2. The summed E-state index contributed by atoms with van der Waals surface area (Å²) in [5.74, 6) is 3.92. The highest BCUT2D eigenvalue weighted by Crippen LogP contribution is 2.45. The molecule has 21 rings (SSSR count). The molecule has 0 aliphatic heterocycles. The van der Waals surface area contributed by atoms with Crippen LogP contribution in [0.3, 0.4) is 0 Å². The maximum absolute atomic E-state index is 5.18. The molecule has 4 heterocycles. The summed E-state index contributed by atoms with van der Waals surface area (Å²) in [5.41, 5.74) is 15.4. The highest BCUT2D eigenvalue weighted by atomic mass is 32.1. The van der Waals surface area contributed by atoms with Crippen molar-refractivity contribution in [2.24, 2.45) is 0 Å². The van der Waals surface area contributed by atoms with Crippen LogP contribution in [0.2, 0.25) is 0 Å². The molecule has 6 nitrogen and oxygen atoms in total. The second-order valence-corrected chi connectivity index (χ2v) is 29.1. The zero-order valence-electron chi connectivity index (χ0n) is 57.1. The van der Waals surface area contributed by atoms with Crippen molar-refractivity contribution < 1.29 is 0 Å². The van der Waals surface area contributed by atoms with Crippen molar-refractivity contribution in [1.29, 1.82) is 0 Å². The third kappa shape index (κ3) is 11.6. The van der Waals surface area contributed by atoms with Gasteiger partial charge in [-0.05, 0) is 177 Å². The SMILES string of the molecule is c1ccc(-c2ccc(-c3nc(-c4ccc5ccccc5c4)nc(-c4ccc5sc6cccc(-c7ccc8ccc(-c9ccccc9)cc8c7)c6c5c4)n3)cc2)cc1.c1ccc2cc(-c3nc(-c4ccc5sc6cccc(-c7ccc8ccccc8c7)c6c5c4)nc(-c4cccc5ccccc45)n3)ccc2c1. The van der Waals surface area contributed by atoms with Gasteiger partial charge in [-0.15, -0.1) is 22.7 Å².